The number of hydrogen-bond donors (Lipinski definition) is 2. The first-order valence-corrected chi connectivity index (χ1v) is 11.7. The number of carboxylic acid groups (broad SMARTS) is 1. The second-order valence-corrected chi connectivity index (χ2v) is 8.89. The Morgan fingerprint density at radius 1 is 0.941 bits per heavy atom. The molecule has 0 aliphatic rings. The Kier molecular flexibility index (Phi) is 7.12. The predicted molar refractivity (Wildman–Crippen MR) is 136 cm³/mol. The number of para-hydroxylation sites is 1. The van der Waals surface area contributed by atoms with Crippen molar-refractivity contribution < 1.29 is 14.7 Å². The summed E-state index contributed by atoms with van der Waals surface area (Å²) >= 11 is 0. The van der Waals surface area contributed by atoms with Gasteiger partial charge in [0.1, 0.15) is 0 Å². The SMILES string of the molecule is CC(C)c1ccc(CCNC(=O)CCc2cn(-c3ccccc3)c3ccc(C(=O)O)cc23)cc1. The zero-order valence-electron chi connectivity index (χ0n) is 19.6. The molecule has 5 nitrogen and oxygen atoms in total. The van der Waals surface area contributed by atoms with E-state index in [2.05, 4.69) is 48.0 Å². The number of carbonyl (C=O) groups excluding carboxylic acids is 1. The second-order valence-electron chi connectivity index (χ2n) is 8.89. The number of fused-ring (bicyclic) bond motifs is 1. The Balaban J connectivity index is 1.43. The van der Waals surface area contributed by atoms with Crippen molar-refractivity contribution in [3.05, 3.63) is 101 Å². The van der Waals surface area contributed by atoms with Crippen LogP contribution < -0.4 is 5.32 Å². The van der Waals surface area contributed by atoms with Crippen LogP contribution in [0.2, 0.25) is 0 Å². The molecule has 0 radical (unpaired) electrons. The molecule has 0 aliphatic heterocycles. The van der Waals surface area contributed by atoms with Gasteiger partial charge in [-0.05, 0) is 65.8 Å². The maximum absolute atomic E-state index is 12.5. The second kappa shape index (κ2) is 10.4. The number of rotatable bonds is 9. The van der Waals surface area contributed by atoms with Crippen LogP contribution in [-0.2, 0) is 17.6 Å². The van der Waals surface area contributed by atoms with Crippen LogP contribution in [0.25, 0.3) is 16.6 Å². The van der Waals surface area contributed by atoms with Gasteiger partial charge in [-0.25, -0.2) is 4.79 Å². The summed E-state index contributed by atoms with van der Waals surface area (Å²) in [6.07, 6.45) is 3.68. The maximum atomic E-state index is 12.5. The number of benzene rings is 3. The normalized spacial score (nSPS) is 11.1. The minimum absolute atomic E-state index is 0.00574. The number of amides is 1. The topological polar surface area (TPSA) is 71.3 Å². The van der Waals surface area contributed by atoms with Gasteiger partial charge in [0, 0.05) is 30.2 Å². The molecule has 0 atom stereocenters. The molecule has 1 aromatic heterocycles. The predicted octanol–water partition coefficient (Wildman–Crippen LogP) is 5.74. The standard InChI is InChI=1S/C29H30N2O3/c1-20(2)22-10-8-21(9-11-22)16-17-30-28(32)15-13-24-19-31(25-6-4-3-5-7-25)27-14-12-23(29(33)34)18-26(24)27/h3-12,14,18-20H,13,15-17H2,1-2H3,(H,30,32)(H,33,34). The molecule has 1 amide bonds. The summed E-state index contributed by atoms with van der Waals surface area (Å²) in [6, 6.07) is 23.6. The molecule has 0 saturated carbocycles. The third-order valence-corrected chi connectivity index (χ3v) is 6.17. The molecule has 5 heteroatoms. The highest BCUT2D eigenvalue weighted by molar-refractivity contribution is 5.95. The third-order valence-electron chi connectivity index (χ3n) is 6.17. The van der Waals surface area contributed by atoms with Crippen LogP contribution in [0.1, 0.15) is 53.2 Å². The van der Waals surface area contributed by atoms with Crippen LogP contribution in [0.5, 0.6) is 0 Å². The summed E-state index contributed by atoms with van der Waals surface area (Å²) in [4.78, 5) is 24.0. The summed E-state index contributed by atoms with van der Waals surface area (Å²) < 4.78 is 2.05. The van der Waals surface area contributed by atoms with E-state index in [9.17, 15) is 14.7 Å². The molecular formula is C29H30N2O3. The fraction of sp³-hybridized carbons (Fsp3) is 0.241. The Hall–Kier alpha value is -3.86. The van der Waals surface area contributed by atoms with Crippen LogP contribution in [0.15, 0.2) is 79.0 Å². The van der Waals surface area contributed by atoms with E-state index in [1.165, 1.54) is 11.1 Å². The van der Waals surface area contributed by atoms with Crippen LogP contribution >= 0.6 is 0 Å². The zero-order chi connectivity index (χ0) is 24.1. The van der Waals surface area contributed by atoms with Gasteiger partial charge in [0.15, 0.2) is 0 Å². The van der Waals surface area contributed by atoms with Crippen molar-refractivity contribution in [2.45, 2.75) is 39.0 Å². The van der Waals surface area contributed by atoms with Crippen molar-refractivity contribution in [2.24, 2.45) is 0 Å². The molecule has 2 N–H and O–H groups in total. The lowest BCUT2D eigenvalue weighted by Crippen LogP contribution is -2.25. The quantitative estimate of drug-likeness (QED) is 0.339. The van der Waals surface area contributed by atoms with Crippen molar-refractivity contribution in [2.75, 3.05) is 6.54 Å². The van der Waals surface area contributed by atoms with Crippen molar-refractivity contribution >= 4 is 22.8 Å². The van der Waals surface area contributed by atoms with E-state index in [4.69, 9.17) is 0 Å². The van der Waals surface area contributed by atoms with Crippen LogP contribution in [0.4, 0.5) is 0 Å². The lowest BCUT2D eigenvalue weighted by molar-refractivity contribution is -0.121. The van der Waals surface area contributed by atoms with Gasteiger partial charge in [0.05, 0.1) is 11.1 Å². The van der Waals surface area contributed by atoms with Gasteiger partial charge < -0.3 is 15.0 Å². The highest BCUT2D eigenvalue weighted by Gasteiger charge is 2.14. The minimum atomic E-state index is -0.959. The molecule has 0 bridgehead atoms. The first-order chi connectivity index (χ1) is 16.4. The number of nitrogens with one attached hydrogen (secondary N) is 1. The summed E-state index contributed by atoms with van der Waals surface area (Å²) in [6.45, 7) is 4.94. The maximum Gasteiger partial charge on any atom is 0.335 e. The molecular weight excluding hydrogens is 424 g/mol. The highest BCUT2D eigenvalue weighted by atomic mass is 16.4. The van der Waals surface area contributed by atoms with Gasteiger partial charge >= 0.3 is 5.97 Å². The van der Waals surface area contributed by atoms with Gasteiger partial charge in [-0.15, -0.1) is 0 Å². The monoisotopic (exact) mass is 454 g/mol. The van der Waals surface area contributed by atoms with Crippen LogP contribution in [-0.4, -0.2) is 28.1 Å². The van der Waals surface area contributed by atoms with E-state index in [0.29, 0.717) is 25.3 Å². The smallest absolute Gasteiger partial charge is 0.335 e. The van der Waals surface area contributed by atoms with E-state index in [-0.39, 0.29) is 11.5 Å². The summed E-state index contributed by atoms with van der Waals surface area (Å²) in [5.74, 6) is -0.457. The Morgan fingerprint density at radius 2 is 1.68 bits per heavy atom. The van der Waals surface area contributed by atoms with E-state index in [1.807, 2.05) is 42.6 Å². The molecule has 34 heavy (non-hydrogen) atoms. The fourth-order valence-electron chi connectivity index (χ4n) is 4.18. The first kappa shape index (κ1) is 23.3. The molecule has 0 fully saturated rings. The third kappa shape index (κ3) is 5.37. The van der Waals surface area contributed by atoms with Gasteiger partial charge in [-0.3, -0.25) is 4.79 Å². The average Bonchev–Trinajstić information content (AvgIpc) is 3.21. The molecule has 4 rings (SSSR count). The van der Waals surface area contributed by atoms with Crippen molar-refractivity contribution in [3.63, 3.8) is 0 Å². The van der Waals surface area contributed by atoms with Gasteiger partial charge in [-0.2, -0.15) is 0 Å². The number of carbonyl (C=O) groups is 2. The number of hydrogen-bond acceptors (Lipinski definition) is 2. The van der Waals surface area contributed by atoms with Crippen molar-refractivity contribution in [1.82, 2.24) is 9.88 Å². The molecule has 0 spiro atoms. The fourth-order valence-corrected chi connectivity index (χ4v) is 4.18. The van der Waals surface area contributed by atoms with E-state index >= 15 is 0 Å². The van der Waals surface area contributed by atoms with Crippen LogP contribution in [0, 0.1) is 0 Å². The number of aryl methyl sites for hydroxylation is 1. The summed E-state index contributed by atoms with van der Waals surface area (Å²) in [5.41, 5.74) is 5.64. The Bertz CT molecular complexity index is 1290. The average molecular weight is 455 g/mol. The minimum Gasteiger partial charge on any atom is -0.478 e. The lowest BCUT2D eigenvalue weighted by atomic mass is 10.0. The Labute approximate surface area is 200 Å². The van der Waals surface area contributed by atoms with E-state index in [0.717, 1.165) is 28.6 Å². The number of aromatic nitrogens is 1. The van der Waals surface area contributed by atoms with Crippen LogP contribution in [0.3, 0.4) is 0 Å². The molecule has 174 valence electrons. The number of nitrogens with zero attached hydrogens (tertiary/aromatic N) is 1. The zero-order valence-corrected chi connectivity index (χ0v) is 19.6. The molecule has 3 aromatic carbocycles. The molecule has 1 heterocycles. The molecule has 4 aromatic rings. The number of carboxylic acids is 1. The Morgan fingerprint density at radius 3 is 2.35 bits per heavy atom. The highest BCUT2D eigenvalue weighted by Crippen LogP contribution is 2.27. The number of aromatic carboxylic acids is 1. The largest absolute Gasteiger partial charge is 0.478 e. The lowest BCUT2D eigenvalue weighted by Gasteiger charge is -2.08. The summed E-state index contributed by atoms with van der Waals surface area (Å²) in [7, 11) is 0. The van der Waals surface area contributed by atoms with Gasteiger partial charge in [-0.1, -0.05) is 56.3 Å². The van der Waals surface area contributed by atoms with E-state index < -0.39 is 5.97 Å². The van der Waals surface area contributed by atoms with Crippen molar-refractivity contribution in [3.8, 4) is 5.69 Å². The first-order valence-electron chi connectivity index (χ1n) is 11.7. The van der Waals surface area contributed by atoms with E-state index in [1.54, 1.807) is 12.1 Å². The summed E-state index contributed by atoms with van der Waals surface area (Å²) in [5, 5.41) is 13.3. The molecule has 0 aliphatic carbocycles. The van der Waals surface area contributed by atoms with Gasteiger partial charge in [0.25, 0.3) is 0 Å². The van der Waals surface area contributed by atoms with Gasteiger partial charge in [0.2, 0.25) is 5.91 Å². The molecule has 0 saturated heterocycles. The molecule has 0 unspecified atom stereocenters. The van der Waals surface area contributed by atoms with Crippen molar-refractivity contribution in [1.29, 1.82) is 0 Å².